The average Bonchev–Trinajstić information content (AvgIpc) is 2.30. The van der Waals surface area contributed by atoms with Crippen molar-refractivity contribution in [1.29, 1.82) is 0 Å². The number of anilines is 1. The number of hydrogen-bond acceptors (Lipinski definition) is 4. The standard InChI is InChI=1S/C12H17ClN4/c13-11-8-9-12(17-15-11)16-14-10-6-4-2-1-3-5-7-10/h8-9H,1-7H2,(H,16,17). The lowest BCUT2D eigenvalue weighted by atomic mass is 9.99. The number of nitrogens with zero attached hydrogens (tertiary/aromatic N) is 3. The third-order valence-electron chi connectivity index (χ3n) is 2.89. The maximum Gasteiger partial charge on any atom is 0.168 e. The van der Waals surface area contributed by atoms with Gasteiger partial charge < -0.3 is 0 Å². The molecule has 1 aromatic heterocycles. The van der Waals surface area contributed by atoms with Crippen LogP contribution >= 0.6 is 11.6 Å². The van der Waals surface area contributed by atoms with Gasteiger partial charge in [-0.2, -0.15) is 5.10 Å². The highest BCUT2D eigenvalue weighted by Gasteiger charge is 2.04. The van der Waals surface area contributed by atoms with Gasteiger partial charge in [-0.3, -0.25) is 5.43 Å². The number of hydrogen-bond donors (Lipinski definition) is 1. The molecule has 92 valence electrons. The Morgan fingerprint density at radius 3 is 2.35 bits per heavy atom. The molecule has 1 aromatic rings. The van der Waals surface area contributed by atoms with Gasteiger partial charge in [0.15, 0.2) is 11.0 Å². The van der Waals surface area contributed by atoms with Crippen LogP contribution in [0.25, 0.3) is 0 Å². The Morgan fingerprint density at radius 1 is 1.00 bits per heavy atom. The van der Waals surface area contributed by atoms with E-state index in [0.29, 0.717) is 11.0 Å². The summed E-state index contributed by atoms with van der Waals surface area (Å²) in [6, 6.07) is 3.48. The SMILES string of the molecule is Clc1ccc(NN=C2CCCCCCC2)nn1. The molecule has 4 nitrogen and oxygen atoms in total. The molecule has 0 aliphatic heterocycles. The number of halogens is 1. The van der Waals surface area contributed by atoms with Gasteiger partial charge in [-0.1, -0.05) is 30.9 Å². The fourth-order valence-electron chi connectivity index (χ4n) is 1.94. The van der Waals surface area contributed by atoms with E-state index >= 15 is 0 Å². The van der Waals surface area contributed by atoms with E-state index in [9.17, 15) is 0 Å². The highest BCUT2D eigenvalue weighted by molar-refractivity contribution is 6.29. The normalized spacial score (nSPS) is 17.1. The number of hydrazone groups is 1. The van der Waals surface area contributed by atoms with Gasteiger partial charge >= 0.3 is 0 Å². The summed E-state index contributed by atoms with van der Waals surface area (Å²) in [5.74, 6) is 0.643. The van der Waals surface area contributed by atoms with Crippen LogP contribution < -0.4 is 5.43 Å². The first-order chi connectivity index (χ1) is 8.34. The predicted molar refractivity (Wildman–Crippen MR) is 70.4 cm³/mol. The van der Waals surface area contributed by atoms with Crippen LogP contribution in [0.1, 0.15) is 44.9 Å². The molecule has 2 rings (SSSR count). The minimum Gasteiger partial charge on any atom is -0.260 e. The molecule has 0 aromatic carbocycles. The Labute approximate surface area is 106 Å². The molecule has 1 N–H and O–H groups in total. The summed E-state index contributed by atoms with van der Waals surface area (Å²) in [7, 11) is 0. The summed E-state index contributed by atoms with van der Waals surface area (Å²) >= 11 is 5.66. The Kier molecular flexibility index (Phi) is 4.74. The molecule has 0 spiro atoms. The van der Waals surface area contributed by atoms with E-state index in [2.05, 4.69) is 20.7 Å². The first-order valence-corrected chi connectivity index (χ1v) is 6.53. The van der Waals surface area contributed by atoms with Crippen LogP contribution in [-0.4, -0.2) is 15.9 Å². The first-order valence-electron chi connectivity index (χ1n) is 6.15. The molecule has 17 heavy (non-hydrogen) atoms. The van der Waals surface area contributed by atoms with E-state index in [1.165, 1.54) is 37.8 Å². The van der Waals surface area contributed by atoms with Crippen molar-refractivity contribution in [3.63, 3.8) is 0 Å². The number of aromatic nitrogens is 2. The Balaban J connectivity index is 1.91. The lowest BCUT2D eigenvalue weighted by Crippen LogP contribution is -2.06. The van der Waals surface area contributed by atoms with Gasteiger partial charge in [-0.05, 0) is 37.8 Å². The monoisotopic (exact) mass is 252 g/mol. The van der Waals surface area contributed by atoms with E-state index < -0.39 is 0 Å². The summed E-state index contributed by atoms with van der Waals surface area (Å²) in [6.07, 6.45) is 8.67. The molecule has 0 radical (unpaired) electrons. The molecule has 0 saturated heterocycles. The van der Waals surface area contributed by atoms with Crippen molar-refractivity contribution in [2.24, 2.45) is 5.10 Å². The molecule has 0 amide bonds. The van der Waals surface area contributed by atoms with Gasteiger partial charge in [-0.25, -0.2) is 0 Å². The predicted octanol–water partition coefficient (Wildman–Crippen LogP) is 3.64. The molecule has 1 heterocycles. The van der Waals surface area contributed by atoms with Crippen molar-refractivity contribution >= 4 is 23.1 Å². The van der Waals surface area contributed by atoms with Crippen LogP contribution in [0, 0.1) is 0 Å². The quantitative estimate of drug-likeness (QED) is 0.818. The molecular formula is C12H17ClN4. The molecule has 5 heteroatoms. The highest BCUT2D eigenvalue weighted by Crippen LogP contribution is 2.15. The maximum absolute atomic E-state index is 5.66. The first kappa shape index (κ1) is 12.3. The molecule has 0 bridgehead atoms. The smallest absolute Gasteiger partial charge is 0.168 e. The van der Waals surface area contributed by atoms with Crippen molar-refractivity contribution in [1.82, 2.24) is 10.2 Å². The van der Waals surface area contributed by atoms with Gasteiger partial charge in [-0.15, -0.1) is 10.2 Å². The van der Waals surface area contributed by atoms with E-state index in [4.69, 9.17) is 11.6 Å². The van der Waals surface area contributed by atoms with Crippen LogP contribution in [0.4, 0.5) is 5.82 Å². The molecule has 1 saturated carbocycles. The van der Waals surface area contributed by atoms with Gasteiger partial charge in [0, 0.05) is 5.71 Å². The van der Waals surface area contributed by atoms with Crippen molar-refractivity contribution < 1.29 is 0 Å². The zero-order chi connectivity index (χ0) is 11.9. The van der Waals surface area contributed by atoms with Crippen molar-refractivity contribution in [3.8, 4) is 0 Å². The summed E-state index contributed by atoms with van der Waals surface area (Å²) in [6.45, 7) is 0. The fourth-order valence-corrected chi connectivity index (χ4v) is 2.04. The van der Waals surface area contributed by atoms with Crippen LogP contribution in [0.2, 0.25) is 5.15 Å². The largest absolute Gasteiger partial charge is 0.260 e. The minimum atomic E-state index is 0.397. The molecule has 0 atom stereocenters. The molecule has 1 aliphatic carbocycles. The van der Waals surface area contributed by atoms with Gasteiger partial charge in [0.25, 0.3) is 0 Å². The Hall–Kier alpha value is -1.16. The summed E-state index contributed by atoms with van der Waals surface area (Å²) < 4.78 is 0. The number of nitrogens with one attached hydrogen (secondary N) is 1. The maximum atomic E-state index is 5.66. The Bertz CT molecular complexity index is 365. The second-order valence-electron chi connectivity index (χ2n) is 4.30. The average molecular weight is 253 g/mol. The Morgan fingerprint density at radius 2 is 1.71 bits per heavy atom. The van der Waals surface area contributed by atoms with Crippen LogP contribution in [-0.2, 0) is 0 Å². The summed E-state index contributed by atoms with van der Waals surface area (Å²) in [5.41, 5.74) is 4.18. The van der Waals surface area contributed by atoms with Crippen LogP contribution in [0.15, 0.2) is 17.2 Å². The van der Waals surface area contributed by atoms with E-state index in [-0.39, 0.29) is 0 Å². The van der Waals surface area contributed by atoms with Gasteiger partial charge in [0.2, 0.25) is 0 Å². The summed E-state index contributed by atoms with van der Waals surface area (Å²) in [4.78, 5) is 0. The minimum absolute atomic E-state index is 0.397. The van der Waals surface area contributed by atoms with Gasteiger partial charge in [0.1, 0.15) is 0 Å². The lowest BCUT2D eigenvalue weighted by molar-refractivity contribution is 0.606. The van der Waals surface area contributed by atoms with Crippen molar-refractivity contribution in [3.05, 3.63) is 17.3 Å². The van der Waals surface area contributed by atoms with E-state index in [0.717, 1.165) is 12.8 Å². The zero-order valence-electron chi connectivity index (χ0n) is 9.82. The topological polar surface area (TPSA) is 50.2 Å². The summed E-state index contributed by atoms with van der Waals surface area (Å²) in [5, 5.41) is 12.5. The second kappa shape index (κ2) is 6.55. The lowest BCUT2D eigenvalue weighted by Gasteiger charge is -2.10. The van der Waals surface area contributed by atoms with Gasteiger partial charge in [0.05, 0.1) is 0 Å². The molecular weight excluding hydrogens is 236 g/mol. The third kappa shape index (κ3) is 4.30. The fraction of sp³-hybridized carbons (Fsp3) is 0.583. The highest BCUT2D eigenvalue weighted by atomic mass is 35.5. The number of rotatable bonds is 2. The molecule has 1 aliphatic rings. The zero-order valence-corrected chi connectivity index (χ0v) is 10.6. The molecule has 0 unspecified atom stereocenters. The van der Waals surface area contributed by atoms with Crippen molar-refractivity contribution in [2.45, 2.75) is 44.9 Å². The second-order valence-corrected chi connectivity index (χ2v) is 4.69. The molecule has 1 fully saturated rings. The van der Waals surface area contributed by atoms with Crippen LogP contribution in [0.3, 0.4) is 0 Å². The van der Waals surface area contributed by atoms with E-state index in [1.807, 2.05) is 0 Å². The van der Waals surface area contributed by atoms with Crippen molar-refractivity contribution in [2.75, 3.05) is 5.43 Å². The van der Waals surface area contributed by atoms with Crippen LogP contribution in [0.5, 0.6) is 0 Å². The third-order valence-corrected chi connectivity index (χ3v) is 3.09. The van der Waals surface area contributed by atoms with E-state index in [1.54, 1.807) is 12.1 Å².